The zero-order chi connectivity index (χ0) is 17.5. The Hall–Kier alpha value is -2.34. The fourth-order valence-corrected chi connectivity index (χ4v) is 2.36. The van der Waals surface area contributed by atoms with Crippen molar-refractivity contribution in [1.82, 2.24) is 15.1 Å². The van der Waals surface area contributed by atoms with Crippen LogP contribution in [0.1, 0.15) is 37.0 Å². The van der Waals surface area contributed by atoms with E-state index in [2.05, 4.69) is 15.7 Å². The van der Waals surface area contributed by atoms with Gasteiger partial charge in [0.25, 0.3) is 5.91 Å². The summed E-state index contributed by atoms with van der Waals surface area (Å²) >= 11 is 5.97. The monoisotopic (exact) mass is 348 g/mol. The van der Waals surface area contributed by atoms with Gasteiger partial charge in [0, 0.05) is 36.4 Å². The highest BCUT2D eigenvalue weighted by molar-refractivity contribution is 6.31. The van der Waals surface area contributed by atoms with Crippen molar-refractivity contribution in [1.29, 1.82) is 0 Å². The molecule has 0 unspecified atom stereocenters. The Bertz CT molecular complexity index is 701. The van der Waals surface area contributed by atoms with Crippen LogP contribution in [0.3, 0.4) is 0 Å². The fraction of sp³-hybridized carbons (Fsp3) is 0.353. The summed E-state index contributed by atoms with van der Waals surface area (Å²) in [6.07, 6.45) is 4.68. The van der Waals surface area contributed by atoms with E-state index in [0.29, 0.717) is 29.2 Å². The van der Waals surface area contributed by atoms with Crippen LogP contribution in [-0.2, 0) is 11.3 Å². The maximum atomic E-state index is 12.5. The van der Waals surface area contributed by atoms with Gasteiger partial charge in [-0.1, -0.05) is 18.5 Å². The van der Waals surface area contributed by atoms with Crippen LogP contribution in [0.4, 0.5) is 5.69 Å². The van der Waals surface area contributed by atoms with Gasteiger partial charge in [-0.25, -0.2) is 0 Å². The summed E-state index contributed by atoms with van der Waals surface area (Å²) in [5, 5.41) is 10.2. The summed E-state index contributed by atoms with van der Waals surface area (Å²) in [5.74, 6) is -0.413. The third kappa shape index (κ3) is 5.09. The number of aromatic nitrogens is 2. The number of hydrogen-bond acceptors (Lipinski definition) is 3. The van der Waals surface area contributed by atoms with Crippen molar-refractivity contribution < 1.29 is 9.59 Å². The predicted octanol–water partition coefficient (Wildman–Crippen LogP) is 3.09. The Morgan fingerprint density at radius 1 is 1.38 bits per heavy atom. The van der Waals surface area contributed by atoms with E-state index in [1.54, 1.807) is 31.3 Å². The maximum Gasteiger partial charge on any atom is 0.253 e. The van der Waals surface area contributed by atoms with Crippen LogP contribution in [-0.4, -0.2) is 27.6 Å². The van der Waals surface area contributed by atoms with E-state index in [1.165, 1.54) is 0 Å². The molecule has 7 heteroatoms. The van der Waals surface area contributed by atoms with Gasteiger partial charge in [-0.3, -0.25) is 14.3 Å². The number of hydrogen-bond donors (Lipinski definition) is 2. The molecule has 6 nitrogen and oxygen atoms in total. The Balaban J connectivity index is 2.01. The topological polar surface area (TPSA) is 76.0 Å². The van der Waals surface area contributed by atoms with Gasteiger partial charge in [-0.05, 0) is 37.6 Å². The summed E-state index contributed by atoms with van der Waals surface area (Å²) in [5.41, 5.74) is 0.818. The van der Waals surface area contributed by atoms with Crippen LogP contribution in [0.2, 0.25) is 5.02 Å². The highest BCUT2D eigenvalue weighted by Crippen LogP contribution is 2.21. The molecule has 0 saturated heterocycles. The van der Waals surface area contributed by atoms with Crippen LogP contribution in [0.15, 0.2) is 36.7 Å². The zero-order valence-electron chi connectivity index (χ0n) is 13.8. The zero-order valence-corrected chi connectivity index (χ0v) is 14.5. The molecule has 0 aliphatic carbocycles. The van der Waals surface area contributed by atoms with E-state index in [4.69, 9.17) is 11.6 Å². The molecule has 2 N–H and O–H groups in total. The molecular weight excluding hydrogens is 328 g/mol. The number of carbonyl (C=O) groups is 2. The average Bonchev–Trinajstić information content (AvgIpc) is 3.06. The van der Waals surface area contributed by atoms with Crippen molar-refractivity contribution in [2.45, 2.75) is 39.3 Å². The smallest absolute Gasteiger partial charge is 0.253 e. The van der Waals surface area contributed by atoms with Crippen molar-refractivity contribution in [2.24, 2.45) is 0 Å². The van der Waals surface area contributed by atoms with Gasteiger partial charge >= 0.3 is 0 Å². The number of nitrogens with zero attached hydrogens (tertiary/aromatic N) is 2. The second-order valence-corrected chi connectivity index (χ2v) is 5.96. The molecule has 2 rings (SSSR count). The van der Waals surface area contributed by atoms with Crippen molar-refractivity contribution in [3.8, 4) is 0 Å². The Kier molecular flexibility index (Phi) is 6.37. The third-order valence-electron chi connectivity index (χ3n) is 3.55. The lowest BCUT2D eigenvalue weighted by Gasteiger charge is -2.16. The molecule has 128 valence electrons. The van der Waals surface area contributed by atoms with E-state index >= 15 is 0 Å². The number of halogens is 1. The molecule has 2 aromatic rings. The summed E-state index contributed by atoms with van der Waals surface area (Å²) in [6, 6.07) is 6.65. The van der Waals surface area contributed by atoms with Gasteiger partial charge in [0.15, 0.2) is 0 Å². The Morgan fingerprint density at radius 3 is 2.83 bits per heavy atom. The summed E-state index contributed by atoms with van der Waals surface area (Å²) in [6.45, 7) is 4.40. The summed E-state index contributed by atoms with van der Waals surface area (Å²) in [4.78, 5) is 24.1. The van der Waals surface area contributed by atoms with E-state index < -0.39 is 0 Å². The number of rotatable bonds is 7. The standard InChI is InChI=1S/C17H21ClN4O2/c1-3-16(23)21-15-11-13(18)5-6-14(15)17(24)20-12(2)7-10-22-9-4-8-19-22/h4-6,8-9,11-12H,3,7,10H2,1-2H3,(H,20,24)(H,21,23)/t12-/m0/s1. The second kappa shape index (κ2) is 8.49. The molecule has 0 bridgehead atoms. The number of anilines is 1. The lowest BCUT2D eigenvalue weighted by Crippen LogP contribution is -2.34. The van der Waals surface area contributed by atoms with Crippen molar-refractivity contribution in [3.63, 3.8) is 0 Å². The minimum atomic E-state index is -0.244. The molecule has 0 fully saturated rings. The van der Waals surface area contributed by atoms with Crippen LogP contribution in [0, 0.1) is 0 Å². The summed E-state index contributed by atoms with van der Waals surface area (Å²) < 4.78 is 1.82. The van der Waals surface area contributed by atoms with Gasteiger partial charge in [0.2, 0.25) is 5.91 Å². The fourth-order valence-electron chi connectivity index (χ4n) is 2.19. The molecule has 2 amide bonds. The van der Waals surface area contributed by atoms with E-state index in [0.717, 1.165) is 6.42 Å². The lowest BCUT2D eigenvalue weighted by molar-refractivity contribution is -0.115. The van der Waals surface area contributed by atoms with Crippen molar-refractivity contribution in [2.75, 3.05) is 5.32 Å². The van der Waals surface area contributed by atoms with Gasteiger partial charge in [0.1, 0.15) is 0 Å². The van der Waals surface area contributed by atoms with Gasteiger partial charge < -0.3 is 10.6 Å². The number of benzene rings is 1. The molecule has 1 atom stereocenters. The molecule has 0 aliphatic rings. The first-order valence-electron chi connectivity index (χ1n) is 7.87. The first kappa shape index (κ1) is 18.0. The summed E-state index contributed by atoms with van der Waals surface area (Å²) in [7, 11) is 0. The Labute approximate surface area is 146 Å². The molecule has 0 spiro atoms. The Morgan fingerprint density at radius 2 is 2.17 bits per heavy atom. The SMILES string of the molecule is CCC(=O)Nc1cc(Cl)ccc1C(=O)N[C@@H](C)CCn1cccn1. The first-order valence-corrected chi connectivity index (χ1v) is 8.25. The predicted molar refractivity (Wildman–Crippen MR) is 94.1 cm³/mol. The van der Waals surface area contributed by atoms with E-state index in [9.17, 15) is 9.59 Å². The van der Waals surface area contributed by atoms with Crippen LogP contribution < -0.4 is 10.6 Å². The maximum absolute atomic E-state index is 12.5. The highest BCUT2D eigenvalue weighted by atomic mass is 35.5. The molecule has 1 heterocycles. The third-order valence-corrected chi connectivity index (χ3v) is 3.78. The van der Waals surface area contributed by atoms with Crippen LogP contribution >= 0.6 is 11.6 Å². The largest absolute Gasteiger partial charge is 0.349 e. The molecule has 0 saturated carbocycles. The second-order valence-electron chi connectivity index (χ2n) is 5.52. The molecule has 1 aromatic heterocycles. The van der Waals surface area contributed by atoms with Gasteiger partial charge in [-0.2, -0.15) is 5.10 Å². The lowest BCUT2D eigenvalue weighted by atomic mass is 10.1. The highest BCUT2D eigenvalue weighted by Gasteiger charge is 2.15. The number of nitrogens with one attached hydrogen (secondary N) is 2. The quantitative estimate of drug-likeness (QED) is 0.807. The van der Waals surface area contributed by atoms with Gasteiger partial charge in [-0.15, -0.1) is 0 Å². The average molecular weight is 349 g/mol. The van der Waals surface area contributed by atoms with Crippen molar-refractivity contribution >= 4 is 29.1 Å². The van der Waals surface area contributed by atoms with E-state index in [-0.39, 0.29) is 17.9 Å². The first-order chi connectivity index (χ1) is 11.5. The van der Waals surface area contributed by atoms with Crippen LogP contribution in [0.25, 0.3) is 0 Å². The molecule has 24 heavy (non-hydrogen) atoms. The molecule has 0 radical (unpaired) electrons. The number of carbonyl (C=O) groups excluding carboxylic acids is 2. The van der Waals surface area contributed by atoms with E-state index in [1.807, 2.05) is 23.9 Å². The minimum Gasteiger partial charge on any atom is -0.349 e. The van der Waals surface area contributed by atoms with Crippen LogP contribution in [0.5, 0.6) is 0 Å². The minimum absolute atomic E-state index is 0.0351. The molecule has 1 aromatic carbocycles. The normalized spacial score (nSPS) is 11.8. The number of amides is 2. The molecular formula is C17H21ClN4O2. The molecule has 0 aliphatic heterocycles. The number of aryl methyl sites for hydroxylation is 1. The van der Waals surface area contributed by atoms with Crippen molar-refractivity contribution in [3.05, 3.63) is 47.2 Å². The van der Waals surface area contributed by atoms with Gasteiger partial charge in [0.05, 0.1) is 11.3 Å².